The maximum Gasteiger partial charge on any atom is 0.486 e. The van der Waals surface area contributed by atoms with Gasteiger partial charge in [-0.2, -0.15) is 0 Å². The van der Waals surface area contributed by atoms with Gasteiger partial charge in [-0.25, -0.2) is 18.1 Å². The van der Waals surface area contributed by atoms with E-state index in [9.17, 15) is 29.5 Å². The van der Waals surface area contributed by atoms with Gasteiger partial charge in [0.1, 0.15) is 0 Å². The fourth-order valence-corrected chi connectivity index (χ4v) is 8.71. The number of hydrogen-bond donors (Lipinski definition) is 3. The molecule has 10 heteroatoms. The van der Waals surface area contributed by atoms with E-state index in [0.717, 1.165) is 51.4 Å². The highest BCUT2D eigenvalue weighted by molar-refractivity contribution is 7.50. The van der Waals surface area contributed by atoms with Crippen LogP contribution in [0.25, 0.3) is 0 Å². The van der Waals surface area contributed by atoms with Crippen LogP contribution in [0.1, 0.15) is 219 Å². The summed E-state index contributed by atoms with van der Waals surface area (Å²) >= 11 is 0. The lowest BCUT2D eigenvalue weighted by molar-refractivity contribution is -0.416. The number of phosphoric ester groups is 1. The van der Waals surface area contributed by atoms with Crippen LogP contribution in [-0.4, -0.2) is 44.2 Å². The van der Waals surface area contributed by atoms with E-state index in [1.54, 1.807) is 0 Å². The maximum absolute atomic E-state index is 13.4. The first-order chi connectivity index (χ1) is 23.6. The van der Waals surface area contributed by atoms with E-state index in [2.05, 4.69) is 13.8 Å². The SMILES string of the molecule is CCCCCCCCCCCCCCCCCC(=O)C(O)(C(=O)CCCCCCCCCCCCCCCCC)C1(O)OP2(=O)OC1(O)O2. The molecular weight excluding hydrogens is 643 g/mol. The van der Waals surface area contributed by atoms with Gasteiger partial charge in [0.15, 0.2) is 11.6 Å². The Labute approximate surface area is 298 Å². The number of Topliss-reactive ketones (excluding diaryl/α,β-unsaturated/α-hetero) is 2. The highest BCUT2D eigenvalue weighted by Gasteiger charge is 2.88. The van der Waals surface area contributed by atoms with Gasteiger partial charge >= 0.3 is 19.6 Å². The van der Waals surface area contributed by atoms with E-state index in [1.807, 2.05) is 0 Å². The van der Waals surface area contributed by atoms with E-state index in [-0.39, 0.29) is 12.8 Å². The Balaban J connectivity index is 1.65. The Morgan fingerprint density at radius 1 is 0.469 bits per heavy atom. The fraction of sp³-hybridized carbons (Fsp3) is 0.949. The van der Waals surface area contributed by atoms with Gasteiger partial charge in [0.05, 0.1) is 0 Å². The Kier molecular flexibility index (Phi) is 22.3. The Bertz CT molecular complexity index is 901. The molecule has 49 heavy (non-hydrogen) atoms. The molecular formula is C39H73O9P. The molecule has 2 bridgehead atoms. The minimum atomic E-state index is -4.35. The number of carbonyl (C=O) groups is 2. The smallest absolute Gasteiger partial charge is 0.370 e. The van der Waals surface area contributed by atoms with Gasteiger partial charge in [-0.15, -0.1) is 0 Å². The highest BCUT2D eigenvalue weighted by Crippen LogP contribution is 2.77. The second kappa shape index (κ2) is 24.5. The average molecular weight is 717 g/mol. The largest absolute Gasteiger partial charge is 0.486 e. The normalized spacial score (nSPS) is 23.2. The summed E-state index contributed by atoms with van der Waals surface area (Å²) in [5.41, 5.74) is -3.16. The summed E-state index contributed by atoms with van der Waals surface area (Å²) in [5.74, 6) is -8.32. The van der Waals surface area contributed by atoms with Crippen LogP contribution in [0.4, 0.5) is 0 Å². The Morgan fingerprint density at radius 3 is 0.939 bits per heavy atom. The quantitative estimate of drug-likeness (QED) is 0.0332. The topological polar surface area (TPSA) is 140 Å². The van der Waals surface area contributed by atoms with Crippen molar-refractivity contribution in [3.05, 3.63) is 0 Å². The van der Waals surface area contributed by atoms with Crippen LogP contribution >= 0.6 is 7.82 Å². The van der Waals surface area contributed by atoms with Crippen LogP contribution < -0.4 is 0 Å². The first-order valence-corrected chi connectivity index (χ1v) is 22.0. The lowest BCUT2D eigenvalue weighted by Crippen LogP contribution is -2.72. The second-order valence-electron chi connectivity index (χ2n) is 14.9. The van der Waals surface area contributed by atoms with Gasteiger partial charge in [0.25, 0.3) is 0 Å². The molecule has 0 aromatic rings. The molecule has 0 amide bonds. The molecule has 3 rings (SSSR count). The predicted octanol–water partition coefficient (Wildman–Crippen LogP) is 10.9. The molecule has 0 radical (unpaired) electrons. The summed E-state index contributed by atoms with van der Waals surface area (Å²) in [5, 5.41) is 33.2. The van der Waals surface area contributed by atoms with E-state index >= 15 is 0 Å². The number of carbonyl (C=O) groups excluding carboxylic acids is 2. The maximum atomic E-state index is 13.4. The molecule has 1 atom stereocenters. The summed E-state index contributed by atoms with van der Waals surface area (Å²) in [6, 6.07) is 0. The van der Waals surface area contributed by atoms with Crippen LogP contribution in [0.15, 0.2) is 0 Å². The van der Waals surface area contributed by atoms with Crippen LogP contribution in [0.3, 0.4) is 0 Å². The molecule has 288 valence electrons. The van der Waals surface area contributed by atoms with Crippen LogP contribution in [0, 0.1) is 0 Å². The van der Waals surface area contributed by atoms with Gasteiger partial charge in [-0.1, -0.05) is 194 Å². The minimum Gasteiger partial charge on any atom is -0.370 e. The Hall–Kier alpha value is -0.670. The van der Waals surface area contributed by atoms with Crippen molar-refractivity contribution in [2.45, 2.75) is 237 Å². The predicted molar refractivity (Wildman–Crippen MR) is 195 cm³/mol. The molecule has 9 nitrogen and oxygen atoms in total. The number of hydrogen-bond acceptors (Lipinski definition) is 9. The zero-order chi connectivity index (χ0) is 35.9. The Morgan fingerprint density at radius 2 is 0.714 bits per heavy atom. The van der Waals surface area contributed by atoms with E-state index in [0.29, 0.717) is 12.8 Å². The van der Waals surface area contributed by atoms with Crippen molar-refractivity contribution in [1.29, 1.82) is 0 Å². The second-order valence-corrected chi connectivity index (χ2v) is 16.3. The van der Waals surface area contributed by atoms with Gasteiger partial charge in [0.2, 0.25) is 5.60 Å². The molecule has 3 heterocycles. The molecule has 3 aliphatic heterocycles. The number of fused-ring (bicyclic) bond motifs is 1. The molecule has 0 aromatic carbocycles. The molecule has 3 saturated heterocycles. The summed E-state index contributed by atoms with van der Waals surface area (Å²) < 4.78 is 26.6. The number of phosphoric acid groups is 1. The lowest BCUT2D eigenvalue weighted by atomic mass is 9.79. The third kappa shape index (κ3) is 14.7. The standard InChI is InChI=1S/C39H73O9P/c1-3-5-7-9-11-13-15-17-19-21-23-25-27-29-31-33-35(40)37(42,38(43)39(44)47-49(45,46-38)48-39)36(41)34-32-30-28-26-24-22-20-18-16-14-12-10-8-6-4-2/h42-44H,3-34H2,1-2H3. The third-order valence-electron chi connectivity index (χ3n) is 10.5. The molecule has 0 spiro atoms. The molecule has 3 N–H and O–H groups in total. The van der Waals surface area contributed by atoms with Crippen molar-refractivity contribution < 1.29 is 43.0 Å². The summed E-state index contributed by atoms with van der Waals surface area (Å²) in [6.45, 7) is 4.49. The van der Waals surface area contributed by atoms with Crippen LogP contribution in [0.2, 0.25) is 0 Å². The summed E-state index contributed by atoms with van der Waals surface area (Å²) in [4.78, 5) is 26.8. The van der Waals surface area contributed by atoms with Gasteiger partial charge in [-0.05, 0) is 12.8 Å². The monoisotopic (exact) mass is 716 g/mol. The van der Waals surface area contributed by atoms with Crippen molar-refractivity contribution in [2.24, 2.45) is 0 Å². The molecule has 3 fully saturated rings. The van der Waals surface area contributed by atoms with Crippen molar-refractivity contribution in [2.75, 3.05) is 0 Å². The average Bonchev–Trinajstić information content (AvgIpc) is 3.41. The summed E-state index contributed by atoms with van der Waals surface area (Å²) in [7, 11) is -4.35. The van der Waals surface area contributed by atoms with Crippen molar-refractivity contribution >= 4 is 19.4 Å². The zero-order valence-electron chi connectivity index (χ0n) is 31.4. The molecule has 3 aliphatic rings. The number of unbranched alkanes of at least 4 members (excludes halogenated alkanes) is 28. The number of ketones is 2. The van der Waals surface area contributed by atoms with Crippen molar-refractivity contribution in [3.63, 3.8) is 0 Å². The molecule has 0 aromatic heterocycles. The zero-order valence-corrected chi connectivity index (χ0v) is 32.3. The van der Waals surface area contributed by atoms with E-state index in [1.165, 1.54) is 128 Å². The fourth-order valence-electron chi connectivity index (χ4n) is 7.19. The molecule has 0 aliphatic carbocycles. The van der Waals surface area contributed by atoms with Gasteiger partial charge in [-0.3, -0.25) is 9.59 Å². The molecule has 1 unspecified atom stereocenters. The first kappa shape index (κ1) is 44.5. The van der Waals surface area contributed by atoms with Gasteiger partial charge in [0, 0.05) is 12.8 Å². The van der Waals surface area contributed by atoms with Gasteiger partial charge < -0.3 is 15.3 Å². The van der Waals surface area contributed by atoms with E-state index < -0.39 is 36.8 Å². The lowest BCUT2D eigenvalue weighted by Gasteiger charge is -2.40. The van der Waals surface area contributed by atoms with Crippen molar-refractivity contribution in [3.8, 4) is 0 Å². The van der Waals surface area contributed by atoms with Crippen LogP contribution in [-0.2, 0) is 27.7 Å². The third-order valence-corrected chi connectivity index (χ3v) is 11.9. The number of rotatable bonds is 35. The molecule has 0 saturated carbocycles. The number of aliphatic hydroxyl groups is 3. The van der Waals surface area contributed by atoms with Crippen molar-refractivity contribution in [1.82, 2.24) is 0 Å². The highest BCUT2D eigenvalue weighted by atomic mass is 31.2. The van der Waals surface area contributed by atoms with Crippen LogP contribution in [0.5, 0.6) is 0 Å². The minimum absolute atomic E-state index is 0.203. The van der Waals surface area contributed by atoms with E-state index in [4.69, 9.17) is 13.6 Å². The summed E-state index contributed by atoms with van der Waals surface area (Å²) in [6.07, 6.45) is 34.2. The first-order valence-electron chi connectivity index (χ1n) is 20.5.